The number of carbonyl (C=O) groups excluding carboxylic acids is 1. The van der Waals surface area contributed by atoms with E-state index < -0.39 is 6.04 Å². The van der Waals surface area contributed by atoms with E-state index in [4.69, 9.17) is 5.73 Å². The number of methoxy groups -OCH3 is 1. The molecule has 0 aromatic carbocycles. The molecule has 0 aliphatic carbocycles. The fourth-order valence-electron chi connectivity index (χ4n) is 1.42. The topological polar surface area (TPSA) is 52.3 Å². The third-order valence-corrected chi connectivity index (χ3v) is 2.36. The summed E-state index contributed by atoms with van der Waals surface area (Å²) in [6.45, 7) is 4.20. The van der Waals surface area contributed by atoms with Crippen molar-refractivity contribution in [1.82, 2.24) is 0 Å². The predicted molar refractivity (Wildman–Crippen MR) is 62.5 cm³/mol. The van der Waals surface area contributed by atoms with Crippen LogP contribution >= 0.6 is 0 Å². The van der Waals surface area contributed by atoms with Crippen LogP contribution in [0.25, 0.3) is 0 Å². The second-order valence-corrected chi connectivity index (χ2v) is 3.87. The van der Waals surface area contributed by atoms with Crippen LogP contribution in [0, 0.1) is 0 Å². The van der Waals surface area contributed by atoms with Crippen LogP contribution in [0.4, 0.5) is 0 Å². The van der Waals surface area contributed by atoms with E-state index >= 15 is 0 Å². The Hall–Kier alpha value is -0.830. The summed E-state index contributed by atoms with van der Waals surface area (Å²) in [6, 6.07) is -0.610. The van der Waals surface area contributed by atoms with Crippen molar-refractivity contribution in [1.29, 1.82) is 0 Å². The summed E-state index contributed by atoms with van der Waals surface area (Å²) < 4.78 is 4.55. The molecular weight excluding hydrogens is 190 g/mol. The van der Waals surface area contributed by atoms with Gasteiger partial charge in [0, 0.05) is 0 Å². The summed E-state index contributed by atoms with van der Waals surface area (Å²) in [4.78, 5) is 11.0. The van der Waals surface area contributed by atoms with Crippen molar-refractivity contribution in [2.75, 3.05) is 7.11 Å². The Balaban J connectivity index is 3.81. The van der Waals surface area contributed by atoms with Crippen LogP contribution in [0.1, 0.15) is 46.0 Å². The van der Waals surface area contributed by atoms with Gasteiger partial charge in [-0.1, -0.05) is 37.8 Å². The summed E-state index contributed by atoms with van der Waals surface area (Å²) in [7, 11) is 1.35. The largest absolute Gasteiger partial charge is 0.468 e. The third-order valence-electron chi connectivity index (χ3n) is 2.36. The minimum atomic E-state index is -0.610. The zero-order chi connectivity index (χ0) is 11.7. The number of hydrogen-bond acceptors (Lipinski definition) is 3. The van der Waals surface area contributed by atoms with Crippen molar-refractivity contribution in [3.63, 3.8) is 0 Å². The van der Waals surface area contributed by atoms with Crippen LogP contribution in [-0.4, -0.2) is 19.1 Å². The minimum absolute atomic E-state index is 0.372. The first-order valence-corrected chi connectivity index (χ1v) is 5.62. The molecule has 0 spiro atoms. The molecule has 0 aliphatic heterocycles. The van der Waals surface area contributed by atoms with Gasteiger partial charge in [0.15, 0.2) is 0 Å². The van der Waals surface area contributed by atoms with E-state index in [9.17, 15) is 4.79 Å². The molecule has 0 saturated carbocycles. The van der Waals surface area contributed by atoms with Gasteiger partial charge in [-0.15, -0.1) is 0 Å². The molecule has 0 aromatic rings. The Labute approximate surface area is 92.7 Å². The molecule has 0 amide bonds. The number of esters is 1. The first-order valence-electron chi connectivity index (χ1n) is 5.62. The second kappa shape index (κ2) is 8.48. The maximum atomic E-state index is 11.0. The number of unbranched alkanes of at least 4 members (excludes halogenated alkanes) is 3. The number of ether oxygens (including phenoxy) is 1. The molecule has 2 N–H and O–H groups in total. The zero-order valence-electron chi connectivity index (χ0n) is 10.1. The zero-order valence-corrected chi connectivity index (χ0v) is 10.1. The van der Waals surface area contributed by atoms with E-state index in [0.29, 0.717) is 0 Å². The number of allylic oxidation sites excluding steroid dienone is 1. The highest BCUT2D eigenvalue weighted by Gasteiger charge is 2.09. The quantitative estimate of drug-likeness (QED) is 0.401. The highest BCUT2D eigenvalue weighted by molar-refractivity contribution is 5.77. The smallest absolute Gasteiger partial charge is 0.326 e. The second-order valence-electron chi connectivity index (χ2n) is 3.87. The molecule has 3 nitrogen and oxygen atoms in total. The summed E-state index contributed by atoms with van der Waals surface area (Å²) in [6.07, 6.45) is 7.74. The van der Waals surface area contributed by atoms with Crippen LogP contribution in [-0.2, 0) is 9.53 Å². The maximum Gasteiger partial charge on any atom is 0.326 e. The average Bonchev–Trinajstić information content (AvgIpc) is 2.23. The molecule has 0 saturated heterocycles. The monoisotopic (exact) mass is 213 g/mol. The lowest BCUT2D eigenvalue weighted by Crippen LogP contribution is -2.29. The SMILES string of the molecule is CCCCCC/C(C)=C/C(N)C(=O)OC. The molecule has 3 heteroatoms. The van der Waals surface area contributed by atoms with Crippen molar-refractivity contribution in [2.24, 2.45) is 5.73 Å². The predicted octanol–water partition coefficient (Wildman–Crippen LogP) is 2.40. The number of carbonyl (C=O) groups is 1. The molecule has 0 radical (unpaired) electrons. The minimum Gasteiger partial charge on any atom is -0.468 e. The first kappa shape index (κ1) is 14.2. The lowest BCUT2D eigenvalue weighted by molar-refractivity contribution is -0.140. The van der Waals surface area contributed by atoms with Gasteiger partial charge in [-0.2, -0.15) is 0 Å². The Morgan fingerprint density at radius 3 is 2.60 bits per heavy atom. The standard InChI is InChI=1S/C12H23NO2/c1-4-5-6-7-8-10(2)9-11(13)12(14)15-3/h9,11H,4-8,13H2,1-3H3/b10-9+. The van der Waals surface area contributed by atoms with Gasteiger partial charge < -0.3 is 10.5 Å². The summed E-state index contributed by atoms with van der Waals surface area (Å²) >= 11 is 0. The molecular formula is C12H23NO2. The van der Waals surface area contributed by atoms with Gasteiger partial charge in [0.1, 0.15) is 6.04 Å². The molecule has 0 heterocycles. The summed E-state index contributed by atoms with van der Waals surface area (Å²) in [5, 5.41) is 0. The van der Waals surface area contributed by atoms with E-state index in [1.165, 1.54) is 38.4 Å². The molecule has 1 atom stereocenters. The van der Waals surface area contributed by atoms with E-state index in [1.54, 1.807) is 6.08 Å². The Kier molecular flexibility index (Phi) is 8.01. The number of nitrogens with two attached hydrogens (primary N) is 1. The van der Waals surface area contributed by atoms with Gasteiger partial charge >= 0.3 is 5.97 Å². The van der Waals surface area contributed by atoms with Crippen molar-refractivity contribution in [2.45, 2.75) is 52.0 Å². The van der Waals surface area contributed by atoms with E-state index in [-0.39, 0.29) is 5.97 Å². The van der Waals surface area contributed by atoms with E-state index in [2.05, 4.69) is 11.7 Å². The van der Waals surface area contributed by atoms with Crippen molar-refractivity contribution >= 4 is 5.97 Å². The lowest BCUT2D eigenvalue weighted by Gasteiger charge is -2.06. The fraction of sp³-hybridized carbons (Fsp3) is 0.750. The molecule has 1 unspecified atom stereocenters. The van der Waals surface area contributed by atoms with Crippen LogP contribution in [0.5, 0.6) is 0 Å². The number of rotatable bonds is 7. The summed E-state index contributed by atoms with van der Waals surface area (Å²) in [5.74, 6) is -0.372. The van der Waals surface area contributed by atoms with Gasteiger partial charge in [0.2, 0.25) is 0 Å². The number of hydrogen-bond donors (Lipinski definition) is 1. The van der Waals surface area contributed by atoms with Crippen molar-refractivity contribution < 1.29 is 9.53 Å². The fourth-order valence-corrected chi connectivity index (χ4v) is 1.42. The molecule has 0 aliphatic rings. The third kappa shape index (κ3) is 7.14. The van der Waals surface area contributed by atoms with Crippen LogP contribution < -0.4 is 5.73 Å². The van der Waals surface area contributed by atoms with Crippen LogP contribution in [0.3, 0.4) is 0 Å². The van der Waals surface area contributed by atoms with E-state index in [0.717, 1.165) is 6.42 Å². The Morgan fingerprint density at radius 2 is 2.07 bits per heavy atom. The van der Waals surface area contributed by atoms with Crippen LogP contribution in [0.2, 0.25) is 0 Å². The summed E-state index contributed by atoms with van der Waals surface area (Å²) in [5.41, 5.74) is 6.78. The van der Waals surface area contributed by atoms with Gasteiger partial charge in [0.25, 0.3) is 0 Å². The van der Waals surface area contributed by atoms with Gasteiger partial charge in [-0.05, 0) is 19.8 Å². The Bertz CT molecular complexity index is 212. The van der Waals surface area contributed by atoms with E-state index in [1.807, 2.05) is 6.92 Å². The average molecular weight is 213 g/mol. The van der Waals surface area contributed by atoms with Crippen LogP contribution in [0.15, 0.2) is 11.6 Å². The lowest BCUT2D eigenvalue weighted by atomic mass is 10.1. The first-order chi connectivity index (χ1) is 7.11. The molecule has 15 heavy (non-hydrogen) atoms. The highest BCUT2D eigenvalue weighted by atomic mass is 16.5. The molecule has 0 bridgehead atoms. The normalized spacial score (nSPS) is 13.7. The van der Waals surface area contributed by atoms with Gasteiger partial charge in [-0.25, -0.2) is 0 Å². The molecule has 88 valence electrons. The molecule has 0 rings (SSSR count). The Morgan fingerprint density at radius 1 is 1.40 bits per heavy atom. The van der Waals surface area contributed by atoms with Crippen molar-refractivity contribution in [3.05, 3.63) is 11.6 Å². The highest BCUT2D eigenvalue weighted by Crippen LogP contribution is 2.10. The molecule has 0 fully saturated rings. The maximum absolute atomic E-state index is 11.0. The molecule has 0 aromatic heterocycles. The van der Waals surface area contributed by atoms with Gasteiger partial charge in [-0.3, -0.25) is 4.79 Å². The van der Waals surface area contributed by atoms with Crippen molar-refractivity contribution in [3.8, 4) is 0 Å². The van der Waals surface area contributed by atoms with Gasteiger partial charge in [0.05, 0.1) is 7.11 Å².